The highest BCUT2D eigenvalue weighted by Gasteiger charge is 2.11. The van der Waals surface area contributed by atoms with E-state index in [-0.39, 0.29) is 5.82 Å². The van der Waals surface area contributed by atoms with Crippen molar-refractivity contribution in [2.75, 3.05) is 6.54 Å². The Morgan fingerprint density at radius 3 is 2.65 bits per heavy atom. The Labute approximate surface area is 119 Å². The predicted molar refractivity (Wildman–Crippen MR) is 77.3 cm³/mol. The van der Waals surface area contributed by atoms with Crippen molar-refractivity contribution in [1.82, 2.24) is 19.9 Å². The van der Waals surface area contributed by atoms with Crippen molar-refractivity contribution in [3.63, 3.8) is 0 Å². The summed E-state index contributed by atoms with van der Waals surface area (Å²) >= 11 is 0. The number of aryl methyl sites for hydroxylation is 1. The Morgan fingerprint density at radius 2 is 2.05 bits per heavy atom. The van der Waals surface area contributed by atoms with Crippen LogP contribution in [0.1, 0.15) is 30.8 Å². The van der Waals surface area contributed by atoms with Crippen molar-refractivity contribution in [3.8, 4) is 5.82 Å². The zero-order chi connectivity index (χ0) is 14.7. The van der Waals surface area contributed by atoms with Gasteiger partial charge in [-0.15, -0.1) is 0 Å². The molecule has 20 heavy (non-hydrogen) atoms. The summed E-state index contributed by atoms with van der Waals surface area (Å²) in [6, 6.07) is 1.53. The van der Waals surface area contributed by atoms with E-state index in [1.165, 1.54) is 12.3 Å². The molecule has 0 saturated carbocycles. The van der Waals surface area contributed by atoms with Gasteiger partial charge in [-0.3, -0.25) is 4.57 Å². The van der Waals surface area contributed by atoms with Gasteiger partial charge in [-0.1, -0.05) is 13.8 Å². The third-order valence-corrected chi connectivity index (χ3v) is 3.26. The summed E-state index contributed by atoms with van der Waals surface area (Å²) in [6.07, 6.45) is 2.98. The molecule has 0 amide bonds. The van der Waals surface area contributed by atoms with Crippen LogP contribution in [0, 0.1) is 25.6 Å². The summed E-state index contributed by atoms with van der Waals surface area (Å²) in [6.45, 7) is 9.69. The topological polar surface area (TPSA) is 42.7 Å². The summed E-state index contributed by atoms with van der Waals surface area (Å²) in [5.41, 5.74) is 2.82. The number of nitrogens with one attached hydrogen (secondary N) is 1. The maximum atomic E-state index is 13.4. The van der Waals surface area contributed by atoms with Gasteiger partial charge >= 0.3 is 0 Å². The van der Waals surface area contributed by atoms with Crippen LogP contribution in [0.3, 0.4) is 0 Å². The first-order chi connectivity index (χ1) is 9.49. The third-order valence-electron chi connectivity index (χ3n) is 3.26. The SMILES string of the molecule is Cc1ncn(-c2ncc(F)cc2CNCC(C)C)c1C. The van der Waals surface area contributed by atoms with Crippen LogP contribution < -0.4 is 5.32 Å². The van der Waals surface area contributed by atoms with Gasteiger partial charge in [0.1, 0.15) is 18.0 Å². The lowest BCUT2D eigenvalue weighted by Gasteiger charge is -2.13. The lowest BCUT2D eigenvalue weighted by molar-refractivity contribution is 0.547. The highest BCUT2D eigenvalue weighted by Crippen LogP contribution is 2.17. The van der Waals surface area contributed by atoms with Crippen molar-refractivity contribution in [3.05, 3.63) is 41.4 Å². The van der Waals surface area contributed by atoms with Crippen LogP contribution in [-0.4, -0.2) is 21.1 Å². The number of pyridine rings is 1. The number of halogens is 1. The van der Waals surface area contributed by atoms with Gasteiger partial charge in [0.15, 0.2) is 0 Å². The first-order valence-corrected chi connectivity index (χ1v) is 6.85. The Bertz CT molecular complexity index is 590. The molecule has 0 atom stereocenters. The molecule has 2 rings (SSSR count). The minimum atomic E-state index is -0.315. The van der Waals surface area contributed by atoms with Gasteiger partial charge in [-0.2, -0.15) is 0 Å². The summed E-state index contributed by atoms with van der Waals surface area (Å²) in [4.78, 5) is 8.50. The molecule has 0 saturated heterocycles. The largest absolute Gasteiger partial charge is 0.312 e. The van der Waals surface area contributed by atoms with Gasteiger partial charge in [-0.05, 0) is 32.4 Å². The van der Waals surface area contributed by atoms with Crippen molar-refractivity contribution in [2.24, 2.45) is 5.92 Å². The molecule has 0 spiro atoms. The van der Waals surface area contributed by atoms with Crippen molar-refractivity contribution >= 4 is 0 Å². The number of aromatic nitrogens is 3. The van der Waals surface area contributed by atoms with Crippen LogP contribution in [0.15, 0.2) is 18.6 Å². The molecule has 0 bridgehead atoms. The zero-order valence-electron chi connectivity index (χ0n) is 12.4. The first-order valence-electron chi connectivity index (χ1n) is 6.85. The first kappa shape index (κ1) is 14.7. The molecule has 0 radical (unpaired) electrons. The molecule has 0 aliphatic heterocycles. The summed E-state index contributed by atoms with van der Waals surface area (Å²) < 4.78 is 15.3. The molecule has 108 valence electrons. The molecule has 0 aliphatic carbocycles. The fourth-order valence-electron chi connectivity index (χ4n) is 2.03. The second-order valence-corrected chi connectivity index (χ2v) is 5.45. The minimum absolute atomic E-state index is 0.315. The van der Waals surface area contributed by atoms with Crippen LogP contribution in [0.2, 0.25) is 0 Å². The predicted octanol–water partition coefficient (Wildman–Crippen LogP) is 2.77. The number of hydrogen-bond donors (Lipinski definition) is 1. The van der Waals surface area contributed by atoms with Crippen LogP contribution in [0.25, 0.3) is 5.82 Å². The molecule has 0 aromatic carbocycles. The number of nitrogens with zero attached hydrogens (tertiary/aromatic N) is 3. The number of rotatable bonds is 5. The Kier molecular flexibility index (Phi) is 4.49. The van der Waals surface area contributed by atoms with E-state index in [9.17, 15) is 4.39 Å². The van der Waals surface area contributed by atoms with E-state index in [0.717, 1.165) is 29.3 Å². The zero-order valence-corrected chi connectivity index (χ0v) is 12.4. The lowest BCUT2D eigenvalue weighted by atomic mass is 10.2. The van der Waals surface area contributed by atoms with E-state index in [2.05, 4.69) is 29.1 Å². The monoisotopic (exact) mass is 276 g/mol. The second-order valence-electron chi connectivity index (χ2n) is 5.45. The van der Waals surface area contributed by atoms with E-state index in [1.54, 1.807) is 6.33 Å². The number of hydrogen-bond acceptors (Lipinski definition) is 3. The van der Waals surface area contributed by atoms with E-state index in [4.69, 9.17) is 0 Å². The van der Waals surface area contributed by atoms with Crippen LogP contribution in [0.4, 0.5) is 4.39 Å². The quantitative estimate of drug-likeness (QED) is 0.913. The highest BCUT2D eigenvalue weighted by molar-refractivity contribution is 5.36. The second kappa shape index (κ2) is 6.13. The van der Waals surface area contributed by atoms with E-state index in [0.29, 0.717) is 12.5 Å². The molecule has 4 nitrogen and oxygen atoms in total. The van der Waals surface area contributed by atoms with Crippen molar-refractivity contribution in [2.45, 2.75) is 34.2 Å². The Hall–Kier alpha value is -1.75. The third kappa shape index (κ3) is 3.22. The fourth-order valence-corrected chi connectivity index (χ4v) is 2.03. The molecule has 1 N–H and O–H groups in total. The highest BCUT2D eigenvalue weighted by atomic mass is 19.1. The fraction of sp³-hybridized carbons (Fsp3) is 0.467. The Morgan fingerprint density at radius 1 is 1.30 bits per heavy atom. The molecular weight excluding hydrogens is 255 g/mol. The van der Waals surface area contributed by atoms with Gasteiger partial charge in [0.25, 0.3) is 0 Å². The van der Waals surface area contributed by atoms with Gasteiger partial charge in [0, 0.05) is 17.8 Å². The standard InChI is InChI=1S/C15H21FN4/c1-10(2)6-17-7-13-5-14(16)8-18-15(13)20-9-19-11(3)12(20)4/h5,8-10,17H,6-7H2,1-4H3. The average molecular weight is 276 g/mol. The van der Waals surface area contributed by atoms with Gasteiger partial charge in [0.2, 0.25) is 0 Å². The smallest absolute Gasteiger partial charge is 0.142 e. The van der Waals surface area contributed by atoms with E-state index >= 15 is 0 Å². The number of imidazole rings is 1. The molecule has 5 heteroatoms. The molecule has 0 unspecified atom stereocenters. The summed E-state index contributed by atoms with van der Waals surface area (Å²) in [7, 11) is 0. The normalized spacial score (nSPS) is 11.3. The van der Waals surface area contributed by atoms with Gasteiger partial charge in [0.05, 0.1) is 11.9 Å². The van der Waals surface area contributed by atoms with Crippen molar-refractivity contribution in [1.29, 1.82) is 0 Å². The van der Waals surface area contributed by atoms with Crippen molar-refractivity contribution < 1.29 is 4.39 Å². The summed E-state index contributed by atoms with van der Waals surface area (Å²) in [5.74, 6) is 0.975. The van der Waals surface area contributed by atoms with E-state index < -0.39 is 0 Å². The maximum Gasteiger partial charge on any atom is 0.142 e. The van der Waals surface area contributed by atoms with Crippen LogP contribution >= 0.6 is 0 Å². The van der Waals surface area contributed by atoms with Crippen LogP contribution in [0.5, 0.6) is 0 Å². The van der Waals surface area contributed by atoms with Gasteiger partial charge in [-0.25, -0.2) is 14.4 Å². The molecule has 2 aromatic rings. The summed E-state index contributed by atoms with van der Waals surface area (Å²) in [5, 5.41) is 3.32. The molecule has 0 fully saturated rings. The van der Waals surface area contributed by atoms with E-state index in [1.807, 2.05) is 18.4 Å². The lowest BCUT2D eigenvalue weighted by Crippen LogP contribution is -2.20. The minimum Gasteiger partial charge on any atom is -0.312 e. The molecule has 0 aliphatic rings. The van der Waals surface area contributed by atoms with Crippen LogP contribution in [-0.2, 0) is 6.54 Å². The average Bonchev–Trinajstić information content (AvgIpc) is 2.70. The molecule has 2 heterocycles. The molecular formula is C15H21FN4. The van der Waals surface area contributed by atoms with Gasteiger partial charge < -0.3 is 5.32 Å². The molecule has 2 aromatic heterocycles. The maximum absolute atomic E-state index is 13.4. The Balaban J connectivity index is 2.30.